The van der Waals surface area contributed by atoms with Crippen molar-refractivity contribution in [1.82, 2.24) is 5.32 Å². The molecule has 1 aromatic carbocycles. The summed E-state index contributed by atoms with van der Waals surface area (Å²) >= 11 is 6.14. The van der Waals surface area contributed by atoms with Gasteiger partial charge in [-0.2, -0.15) is 0 Å². The quantitative estimate of drug-likeness (QED) is 0.849. The Morgan fingerprint density at radius 3 is 2.50 bits per heavy atom. The summed E-state index contributed by atoms with van der Waals surface area (Å²) in [4.78, 5) is 11.8. The van der Waals surface area contributed by atoms with Gasteiger partial charge in [0.05, 0.1) is 5.02 Å². The Bertz CT molecular complexity index is 461. The Balaban J connectivity index is 2.66. The first-order valence-corrected chi connectivity index (χ1v) is 7.18. The number of nitrogens with two attached hydrogens (primary N) is 1. The van der Waals surface area contributed by atoms with Gasteiger partial charge in [-0.3, -0.25) is 4.79 Å². The molecule has 0 heterocycles. The van der Waals surface area contributed by atoms with Gasteiger partial charge in [-0.05, 0) is 37.5 Å². The summed E-state index contributed by atoms with van der Waals surface area (Å²) < 4.78 is 5.59. The lowest BCUT2D eigenvalue weighted by atomic mass is 10.1. The number of hydrogen-bond acceptors (Lipinski definition) is 3. The Kier molecular flexibility index (Phi) is 6.30. The van der Waals surface area contributed by atoms with E-state index in [1.165, 1.54) is 0 Å². The molecule has 0 saturated carbocycles. The van der Waals surface area contributed by atoms with Crippen LogP contribution in [0.15, 0.2) is 18.2 Å². The fourth-order valence-corrected chi connectivity index (χ4v) is 1.82. The van der Waals surface area contributed by atoms with E-state index < -0.39 is 6.10 Å². The molecule has 0 spiro atoms. The Hall–Kier alpha value is -1.26. The first-order chi connectivity index (χ1) is 9.31. The maximum absolute atomic E-state index is 11.8. The van der Waals surface area contributed by atoms with Crippen molar-refractivity contribution in [1.29, 1.82) is 0 Å². The SMILES string of the molecule is CC(C)CNC(=O)C(C)Oc1ccc([C@H](C)N)cc1Cl. The third-order valence-corrected chi connectivity index (χ3v) is 3.13. The molecule has 3 N–H and O–H groups in total. The van der Waals surface area contributed by atoms with Crippen molar-refractivity contribution < 1.29 is 9.53 Å². The van der Waals surface area contributed by atoms with E-state index in [1.54, 1.807) is 19.1 Å². The molecule has 5 heteroatoms. The lowest BCUT2D eigenvalue weighted by Gasteiger charge is -2.17. The largest absolute Gasteiger partial charge is 0.479 e. The van der Waals surface area contributed by atoms with Gasteiger partial charge in [0, 0.05) is 12.6 Å². The van der Waals surface area contributed by atoms with Crippen LogP contribution in [0.25, 0.3) is 0 Å². The van der Waals surface area contributed by atoms with Crippen molar-refractivity contribution >= 4 is 17.5 Å². The van der Waals surface area contributed by atoms with Gasteiger partial charge in [-0.15, -0.1) is 0 Å². The minimum Gasteiger partial charge on any atom is -0.479 e. The molecule has 0 saturated heterocycles. The molecule has 1 aromatic rings. The van der Waals surface area contributed by atoms with Crippen LogP contribution in [-0.2, 0) is 4.79 Å². The van der Waals surface area contributed by atoms with Crippen LogP contribution in [-0.4, -0.2) is 18.6 Å². The maximum atomic E-state index is 11.8. The molecule has 0 aromatic heterocycles. The minimum absolute atomic E-state index is 0.0895. The molecular formula is C15H23ClN2O2. The van der Waals surface area contributed by atoms with Crippen LogP contribution in [0.3, 0.4) is 0 Å². The number of carbonyl (C=O) groups is 1. The predicted molar refractivity (Wildman–Crippen MR) is 82.0 cm³/mol. The number of rotatable bonds is 6. The van der Waals surface area contributed by atoms with E-state index in [0.717, 1.165) is 5.56 Å². The second-order valence-electron chi connectivity index (χ2n) is 5.38. The molecule has 2 atom stereocenters. The van der Waals surface area contributed by atoms with Crippen molar-refractivity contribution in [2.24, 2.45) is 11.7 Å². The van der Waals surface area contributed by atoms with Crippen LogP contribution in [0.5, 0.6) is 5.75 Å². The van der Waals surface area contributed by atoms with E-state index in [2.05, 4.69) is 5.32 Å². The summed E-state index contributed by atoms with van der Waals surface area (Å²) in [6, 6.07) is 5.27. The molecule has 20 heavy (non-hydrogen) atoms. The average molecular weight is 299 g/mol. The molecule has 1 unspecified atom stereocenters. The zero-order valence-electron chi connectivity index (χ0n) is 12.4. The van der Waals surface area contributed by atoms with E-state index in [1.807, 2.05) is 26.8 Å². The third-order valence-electron chi connectivity index (χ3n) is 2.84. The molecule has 0 aliphatic heterocycles. The van der Waals surface area contributed by atoms with Crippen LogP contribution >= 0.6 is 11.6 Å². The highest BCUT2D eigenvalue weighted by Crippen LogP contribution is 2.28. The summed E-state index contributed by atoms with van der Waals surface area (Å²) in [5.74, 6) is 0.745. The third kappa shape index (κ3) is 5.02. The van der Waals surface area contributed by atoms with Gasteiger partial charge in [0.25, 0.3) is 5.91 Å². The zero-order chi connectivity index (χ0) is 15.3. The van der Waals surface area contributed by atoms with Crippen molar-refractivity contribution in [3.05, 3.63) is 28.8 Å². The van der Waals surface area contributed by atoms with Crippen LogP contribution in [0.1, 0.15) is 39.3 Å². The number of halogens is 1. The van der Waals surface area contributed by atoms with E-state index in [9.17, 15) is 4.79 Å². The molecule has 4 nitrogen and oxygen atoms in total. The van der Waals surface area contributed by atoms with Crippen LogP contribution in [0, 0.1) is 5.92 Å². The van der Waals surface area contributed by atoms with E-state index in [4.69, 9.17) is 22.1 Å². The monoisotopic (exact) mass is 298 g/mol. The highest BCUT2D eigenvalue weighted by molar-refractivity contribution is 6.32. The Morgan fingerprint density at radius 1 is 1.35 bits per heavy atom. The lowest BCUT2D eigenvalue weighted by Crippen LogP contribution is -2.38. The second kappa shape index (κ2) is 7.50. The smallest absolute Gasteiger partial charge is 0.260 e. The topological polar surface area (TPSA) is 64.3 Å². The fraction of sp³-hybridized carbons (Fsp3) is 0.533. The zero-order valence-corrected chi connectivity index (χ0v) is 13.2. The van der Waals surface area contributed by atoms with E-state index in [0.29, 0.717) is 23.2 Å². The standard InChI is InChI=1S/C15H23ClN2O2/c1-9(2)8-18-15(19)11(4)20-14-6-5-12(10(3)17)7-13(14)16/h5-7,9-11H,8,17H2,1-4H3,(H,18,19)/t10-,11?/m0/s1. The lowest BCUT2D eigenvalue weighted by molar-refractivity contribution is -0.127. The van der Waals surface area contributed by atoms with Gasteiger partial charge in [0.15, 0.2) is 6.10 Å². The van der Waals surface area contributed by atoms with E-state index in [-0.39, 0.29) is 11.9 Å². The normalized spacial score (nSPS) is 13.9. The first kappa shape index (κ1) is 16.8. The number of nitrogens with one attached hydrogen (secondary N) is 1. The minimum atomic E-state index is -0.590. The van der Waals surface area contributed by atoms with Crippen molar-refractivity contribution in [3.63, 3.8) is 0 Å². The van der Waals surface area contributed by atoms with E-state index >= 15 is 0 Å². The fourth-order valence-electron chi connectivity index (χ4n) is 1.59. The van der Waals surface area contributed by atoms with Gasteiger partial charge in [0.1, 0.15) is 5.75 Å². The summed E-state index contributed by atoms with van der Waals surface area (Å²) in [7, 11) is 0. The highest BCUT2D eigenvalue weighted by atomic mass is 35.5. The van der Waals surface area contributed by atoms with Crippen molar-refractivity contribution in [2.75, 3.05) is 6.54 Å². The summed E-state index contributed by atoms with van der Waals surface area (Å²) in [5.41, 5.74) is 6.72. The predicted octanol–water partition coefficient (Wildman–Crippen LogP) is 2.90. The number of amides is 1. The summed E-state index contributed by atoms with van der Waals surface area (Å²) in [6.07, 6.45) is -0.590. The molecule has 0 aliphatic rings. The molecule has 112 valence electrons. The number of ether oxygens (including phenoxy) is 1. The maximum Gasteiger partial charge on any atom is 0.260 e. The van der Waals surface area contributed by atoms with Crippen molar-refractivity contribution in [3.8, 4) is 5.75 Å². The van der Waals surface area contributed by atoms with Crippen LogP contribution in [0.2, 0.25) is 5.02 Å². The first-order valence-electron chi connectivity index (χ1n) is 6.80. The molecule has 0 radical (unpaired) electrons. The molecule has 1 rings (SSSR count). The summed E-state index contributed by atoms with van der Waals surface area (Å²) in [5, 5.41) is 3.29. The Labute approximate surface area is 125 Å². The molecule has 1 amide bonds. The molecule has 0 fully saturated rings. The number of benzene rings is 1. The van der Waals surface area contributed by atoms with Crippen LogP contribution < -0.4 is 15.8 Å². The highest BCUT2D eigenvalue weighted by Gasteiger charge is 2.16. The molecule has 0 aliphatic carbocycles. The summed E-state index contributed by atoms with van der Waals surface area (Å²) in [6.45, 7) is 8.29. The molecular weight excluding hydrogens is 276 g/mol. The number of carbonyl (C=O) groups excluding carboxylic acids is 1. The van der Waals surface area contributed by atoms with Gasteiger partial charge < -0.3 is 15.8 Å². The Morgan fingerprint density at radius 2 is 2.00 bits per heavy atom. The van der Waals surface area contributed by atoms with Crippen molar-refractivity contribution in [2.45, 2.75) is 39.8 Å². The number of hydrogen-bond donors (Lipinski definition) is 2. The van der Waals surface area contributed by atoms with Gasteiger partial charge >= 0.3 is 0 Å². The van der Waals surface area contributed by atoms with Crippen LogP contribution in [0.4, 0.5) is 0 Å². The molecule has 0 bridgehead atoms. The second-order valence-corrected chi connectivity index (χ2v) is 5.78. The van der Waals surface area contributed by atoms with Gasteiger partial charge in [-0.1, -0.05) is 31.5 Å². The average Bonchev–Trinajstić information content (AvgIpc) is 2.37. The van der Waals surface area contributed by atoms with Gasteiger partial charge in [0.2, 0.25) is 0 Å². The van der Waals surface area contributed by atoms with Gasteiger partial charge in [-0.25, -0.2) is 0 Å².